The lowest BCUT2D eigenvalue weighted by atomic mass is 10.1. The summed E-state index contributed by atoms with van der Waals surface area (Å²) in [6.07, 6.45) is 1.90. The standard InChI is InChI=1S/C12H16BrClO2S/c1-2-4-10(8-13)9-17(15,16)12-6-3-5-11(14)7-12/h3,5-7,10H,2,4,8-9H2,1H3. The van der Waals surface area contributed by atoms with E-state index < -0.39 is 9.84 Å². The summed E-state index contributed by atoms with van der Waals surface area (Å²) in [5.41, 5.74) is 0. The number of hydrogen-bond acceptors (Lipinski definition) is 2. The van der Waals surface area contributed by atoms with Gasteiger partial charge in [0.15, 0.2) is 9.84 Å². The van der Waals surface area contributed by atoms with E-state index in [1.807, 2.05) is 0 Å². The Morgan fingerprint density at radius 1 is 1.41 bits per heavy atom. The Morgan fingerprint density at radius 3 is 2.65 bits per heavy atom. The van der Waals surface area contributed by atoms with Crippen LogP contribution in [0.1, 0.15) is 19.8 Å². The van der Waals surface area contributed by atoms with Gasteiger partial charge in [-0.05, 0) is 30.5 Å². The first-order chi connectivity index (χ1) is 7.99. The Bertz CT molecular complexity index is 459. The average Bonchev–Trinajstić information content (AvgIpc) is 2.28. The third kappa shape index (κ3) is 4.60. The van der Waals surface area contributed by atoms with Gasteiger partial charge in [0, 0.05) is 10.4 Å². The van der Waals surface area contributed by atoms with Crippen molar-refractivity contribution in [1.82, 2.24) is 0 Å². The molecule has 0 fully saturated rings. The molecular weight excluding hydrogens is 324 g/mol. The van der Waals surface area contributed by atoms with Crippen LogP contribution in [0.3, 0.4) is 0 Å². The lowest BCUT2D eigenvalue weighted by Gasteiger charge is -2.13. The molecule has 0 saturated carbocycles. The lowest BCUT2D eigenvalue weighted by Crippen LogP contribution is -2.17. The number of alkyl halides is 1. The highest BCUT2D eigenvalue weighted by Gasteiger charge is 2.20. The molecule has 96 valence electrons. The first kappa shape index (κ1) is 15.0. The van der Waals surface area contributed by atoms with Crippen LogP contribution in [0.5, 0.6) is 0 Å². The fraction of sp³-hybridized carbons (Fsp3) is 0.500. The Kier molecular flexibility index (Phi) is 5.97. The van der Waals surface area contributed by atoms with E-state index in [1.165, 1.54) is 6.07 Å². The molecule has 0 heterocycles. The maximum Gasteiger partial charge on any atom is 0.178 e. The molecule has 1 rings (SSSR count). The number of rotatable bonds is 6. The zero-order chi connectivity index (χ0) is 12.9. The zero-order valence-electron chi connectivity index (χ0n) is 9.70. The minimum Gasteiger partial charge on any atom is -0.224 e. The average molecular weight is 340 g/mol. The summed E-state index contributed by atoms with van der Waals surface area (Å²) in [4.78, 5) is 0.312. The maximum absolute atomic E-state index is 12.1. The molecule has 0 aliphatic carbocycles. The molecule has 17 heavy (non-hydrogen) atoms. The molecule has 0 N–H and O–H groups in total. The lowest BCUT2D eigenvalue weighted by molar-refractivity contribution is 0.552. The minimum absolute atomic E-state index is 0.156. The van der Waals surface area contributed by atoms with Gasteiger partial charge in [-0.2, -0.15) is 0 Å². The van der Waals surface area contributed by atoms with Crippen molar-refractivity contribution in [2.24, 2.45) is 5.92 Å². The topological polar surface area (TPSA) is 34.1 Å². The van der Waals surface area contributed by atoms with E-state index in [9.17, 15) is 8.42 Å². The summed E-state index contributed by atoms with van der Waals surface area (Å²) in [5, 5.41) is 1.16. The van der Waals surface area contributed by atoms with Crippen LogP contribution >= 0.6 is 27.5 Å². The highest BCUT2D eigenvalue weighted by Crippen LogP contribution is 2.21. The van der Waals surface area contributed by atoms with Crippen molar-refractivity contribution in [3.05, 3.63) is 29.3 Å². The molecule has 0 aliphatic rings. The summed E-state index contributed by atoms with van der Waals surface area (Å²) in [5.74, 6) is 0.330. The third-order valence-corrected chi connectivity index (χ3v) is 5.56. The number of hydrogen-bond donors (Lipinski definition) is 0. The highest BCUT2D eigenvalue weighted by molar-refractivity contribution is 9.09. The fourth-order valence-electron chi connectivity index (χ4n) is 1.68. The Labute approximate surface area is 116 Å². The van der Waals surface area contributed by atoms with E-state index in [1.54, 1.807) is 18.2 Å². The molecular formula is C12H16BrClO2S. The summed E-state index contributed by atoms with van der Waals surface area (Å²) in [6.45, 7) is 2.06. The quantitative estimate of drug-likeness (QED) is 0.736. The van der Waals surface area contributed by atoms with Crippen LogP contribution in [-0.4, -0.2) is 19.5 Å². The molecule has 0 radical (unpaired) electrons. The van der Waals surface area contributed by atoms with E-state index in [0.29, 0.717) is 15.2 Å². The molecule has 1 aromatic rings. The predicted octanol–water partition coefficient (Wildman–Crippen LogP) is 3.92. The molecule has 1 atom stereocenters. The van der Waals surface area contributed by atoms with Gasteiger partial charge < -0.3 is 0 Å². The first-order valence-corrected chi connectivity index (χ1v) is 8.69. The van der Waals surface area contributed by atoms with Crippen molar-refractivity contribution in [3.8, 4) is 0 Å². The van der Waals surface area contributed by atoms with Crippen molar-refractivity contribution < 1.29 is 8.42 Å². The monoisotopic (exact) mass is 338 g/mol. The molecule has 1 aromatic carbocycles. The predicted molar refractivity (Wildman–Crippen MR) is 75.7 cm³/mol. The molecule has 5 heteroatoms. The smallest absolute Gasteiger partial charge is 0.178 e. The van der Waals surface area contributed by atoms with E-state index >= 15 is 0 Å². The molecule has 0 bridgehead atoms. The fourth-order valence-corrected chi connectivity index (χ4v) is 4.48. The second-order valence-corrected chi connectivity index (χ2v) is 7.17. The second kappa shape index (κ2) is 6.76. The van der Waals surface area contributed by atoms with Gasteiger partial charge >= 0.3 is 0 Å². The molecule has 0 spiro atoms. The molecule has 0 saturated heterocycles. The number of halogens is 2. The molecule has 0 amide bonds. The third-order valence-electron chi connectivity index (χ3n) is 2.53. The summed E-state index contributed by atoms with van der Waals surface area (Å²) >= 11 is 9.17. The van der Waals surface area contributed by atoms with Crippen LogP contribution in [0.25, 0.3) is 0 Å². The van der Waals surface area contributed by atoms with Crippen molar-refractivity contribution >= 4 is 37.4 Å². The SMILES string of the molecule is CCCC(CBr)CS(=O)(=O)c1cccc(Cl)c1. The van der Waals surface area contributed by atoms with Crippen LogP contribution in [0.2, 0.25) is 5.02 Å². The van der Waals surface area contributed by atoms with Crippen molar-refractivity contribution in [2.75, 3.05) is 11.1 Å². The number of sulfone groups is 1. The largest absolute Gasteiger partial charge is 0.224 e. The Hall–Kier alpha value is -0.0600. The van der Waals surface area contributed by atoms with Gasteiger partial charge in [-0.15, -0.1) is 0 Å². The molecule has 1 unspecified atom stereocenters. The van der Waals surface area contributed by atoms with Gasteiger partial charge in [-0.1, -0.05) is 46.9 Å². The van der Waals surface area contributed by atoms with Crippen molar-refractivity contribution in [2.45, 2.75) is 24.7 Å². The number of benzene rings is 1. The Morgan fingerprint density at radius 2 is 2.12 bits per heavy atom. The summed E-state index contributed by atoms with van der Waals surface area (Å²) in [6, 6.07) is 6.44. The van der Waals surface area contributed by atoms with Crippen LogP contribution in [0.15, 0.2) is 29.2 Å². The van der Waals surface area contributed by atoms with Gasteiger partial charge in [0.25, 0.3) is 0 Å². The summed E-state index contributed by atoms with van der Waals surface area (Å²) < 4.78 is 24.3. The van der Waals surface area contributed by atoms with Crippen LogP contribution in [-0.2, 0) is 9.84 Å². The van der Waals surface area contributed by atoms with E-state index in [0.717, 1.165) is 12.8 Å². The van der Waals surface area contributed by atoms with E-state index in [-0.39, 0.29) is 11.7 Å². The zero-order valence-corrected chi connectivity index (χ0v) is 12.9. The van der Waals surface area contributed by atoms with Crippen LogP contribution in [0.4, 0.5) is 0 Å². The molecule has 2 nitrogen and oxygen atoms in total. The van der Waals surface area contributed by atoms with Gasteiger partial charge in [0.1, 0.15) is 0 Å². The Balaban J connectivity index is 2.88. The minimum atomic E-state index is -3.23. The van der Waals surface area contributed by atoms with E-state index in [2.05, 4.69) is 22.9 Å². The summed E-state index contributed by atoms with van der Waals surface area (Å²) in [7, 11) is -3.23. The molecule has 0 aliphatic heterocycles. The normalized spacial score (nSPS) is 13.6. The second-order valence-electron chi connectivity index (χ2n) is 4.05. The highest BCUT2D eigenvalue weighted by atomic mass is 79.9. The van der Waals surface area contributed by atoms with Gasteiger partial charge in [-0.25, -0.2) is 8.42 Å². The van der Waals surface area contributed by atoms with Gasteiger partial charge in [-0.3, -0.25) is 0 Å². The van der Waals surface area contributed by atoms with Crippen LogP contribution < -0.4 is 0 Å². The van der Waals surface area contributed by atoms with Gasteiger partial charge in [0.2, 0.25) is 0 Å². The van der Waals surface area contributed by atoms with E-state index in [4.69, 9.17) is 11.6 Å². The maximum atomic E-state index is 12.1. The first-order valence-electron chi connectivity index (χ1n) is 5.54. The van der Waals surface area contributed by atoms with Gasteiger partial charge in [0.05, 0.1) is 10.6 Å². The van der Waals surface area contributed by atoms with Crippen molar-refractivity contribution in [3.63, 3.8) is 0 Å². The molecule has 0 aromatic heterocycles. The van der Waals surface area contributed by atoms with Crippen LogP contribution in [0, 0.1) is 5.92 Å². The van der Waals surface area contributed by atoms with Crippen molar-refractivity contribution in [1.29, 1.82) is 0 Å².